The zero-order valence-corrected chi connectivity index (χ0v) is 14.5. The van der Waals surface area contributed by atoms with Crippen molar-refractivity contribution in [3.8, 4) is 0 Å². The minimum Gasteiger partial charge on any atom is -0.348 e. The van der Waals surface area contributed by atoms with Gasteiger partial charge in [0.1, 0.15) is 6.54 Å². The molecule has 1 amide bonds. The van der Waals surface area contributed by atoms with Crippen molar-refractivity contribution in [3.05, 3.63) is 71.9 Å². The van der Waals surface area contributed by atoms with Crippen molar-refractivity contribution < 1.29 is 22.8 Å². The Bertz CT molecular complexity index is 978. The van der Waals surface area contributed by atoms with E-state index in [1.54, 1.807) is 18.2 Å². The van der Waals surface area contributed by atoms with E-state index in [4.69, 9.17) is 0 Å². The number of rotatable bonds is 5. The molecule has 0 aliphatic carbocycles. The fraction of sp³-hybridized carbons (Fsp3) is 0.200. The lowest BCUT2D eigenvalue weighted by atomic mass is 10.1. The summed E-state index contributed by atoms with van der Waals surface area (Å²) < 4.78 is 39.9. The van der Waals surface area contributed by atoms with Gasteiger partial charge in [-0.15, -0.1) is 0 Å². The number of carbonyl (C=O) groups is 2. The predicted molar refractivity (Wildman–Crippen MR) is 95.3 cm³/mol. The summed E-state index contributed by atoms with van der Waals surface area (Å²) in [6.45, 7) is 1.63. The molecule has 140 valence electrons. The van der Waals surface area contributed by atoms with Gasteiger partial charge in [-0.3, -0.25) is 9.59 Å². The summed E-state index contributed by atoms with van der Waals surface area (Å²) in [5, 5.41) is 2.98. The molecular formula is C20H17F3N2O2. The number of alkyl halides is 3. The fourth-order valence-corrected chi connectivity index (χ4v) is 2.98. The number of carbonyl (C=O) groups excluding carboxylic acids is 2. The highest BCUT2D eigenvalue weighted by molar-refractivity contribution is 6.10. The van der Waals surface area contributed by atoms with E-state index in [2.05, 4.69) is 5.32 Å². The molecule has 0 saturated carbocycles. The van der Waals surface area contributed by atoms with Crippen LogP contribution in [0.4, 0.5) is 13.2 Å². The number of hydrogen-bond donors (Lipinski definition) is 1. The minimum atomic E-state index is -4.97. The van der Waals surface area contributed by atoms with Crippen LogP contribution in [0.25, 0.3) is 10.9 Å². The molecule has 0 spiro atoms. The van der Waals surface area contributed by atoms with Crippen molar-refractivity contribution >= 4 is 22.6 Å². The Hall–Kier alpha value is -3.09. The number of halogens is 3. The van der Waals surface area contributed by atoms with E-state index < -0.39 is 17.5 Å². The maximum Gasteiger partial charge on any atom is 0.454 e. The van der Waals surface area contributed by atoms with Gasteiger partial charge in [-0.25, -0.2) is 0 Å². The van der Waals surface area contributed by atoms with Gasteiger partial charge in [-0.2, -0.15) is 13.2 Å². The molecule has 3 aromatic rings. The molecule has 7 heteroatoms. The summed E-state index contributed by atoms with van der Waals surface area (Å²) >= 11 is 0. The van der Waals surface area contributed by atoms with Crippen LogP contribution in [-0.4, -0.2) is 22.4 Å². The van der Waals surface area contributed by atoms with Crippen molar-refractivity contribution in [2.24, 2.45) is 0 Å². The first-order valence-electron chi connectivity index (χ1n) is 8.31. The monoisotopic (exact) mass is 374 g/mol. The van der Waals surface area contributed by atoms with Gasteiger partial charge in [0, 0.05) is 17.1 Å². The molecule has 1 aromatic heterocycles. The maximum absolute atomic E-state index is 12.9. The maximum atomic E-state index is 12.9. The number of benzene rings is 2. The van der Waals surface area contributed by atoms with E-state index in [0.717, 1.165) is 11.8 Å². The molecule has 0 radical (unpaired) electrons. The molecule has 2 aromatic carbocycles. The molecule has 3 rings (SSSR count). The van der Waals surface area contributed by atoms with Gasteiger partial charge in [0.05, 0.1) is 11.6 Å². The van der Waals surface area contributed by atoms with Gasteiger partial charge < -0.3 is 9.88 Å². The van der Waals surface area contributed by atoms with Crippen LogP contribution in [0.2, 0.25) is 0 Å². The molecule has 1 N–H and O–H groups in total. The Labute approximate surface area is 153 Å². The second kappa shape index (κ2) is 7.26. The van der Waals surface area contributed by atoms with Crippen molar-refractivity contribution in [2.45, 2.75) is 25.7 Å². The van der Waals surface area contributed by atoms with Crippen LogP contribution in [-0.2, 0) is 11.3 Å². The second-order valence-corrected chi connectivity index (χ2v) is 6.21. The Morgan fingerprint density at radius 1 is 1.04 bits per heavy atom. The highest BCUT2D eigenvalue weighted by Crippen LogP contribution is 2.28. The fourth-order valence-electron chi connectivity index (χ4n) is 2.98. The van der Waals surface area contributed by atoms with Crippen LogP contribution < -0.4 is 5.32 Å². The Balaban J connectivity index is 1.85. The van der Waals surface area contributed by atoms with E-state index in [0.29, 0.717) is 5.52 Å². The summed E-state index contributed by atoms with van der Waals surface area (Å²) in [4.78, 5) is 24.1. The Morgan fingerprint density at radius 2 is 1.67 bits per heavy atom. The van der Waals surface area contributed by atoms with Crippen LogP contribution >= 0.6 is 0 Å². The SMILES string of the molecule is C[C@H](NC(=O)Cn1cc(C(=O)C(F)(F)F)c2ccccc21)c1ccccc1. The third kappa shape index (κ3) is 4.02. The Morgan fingerprint density at radius 3 is 2.33 bits per heavy atom. The summed E-state index contributed by atoms with van der Waals surface area (Å²) in [5.41, 5.74) is 0.853. The number of fused-ring (bicyclic) bond motifs is 1. The van der Waals surface area contributed by atoms with Crippen LogP contribution in [0.3, 0.4) is 0 Å². The topological polar surface area (TPSA) is 51.1 Å². The lowest BCUT2D eigenvalue weighted by Gasteiger charge is -2.15. The first kappa shape index (κ1) is 18.7. The van der Waals surface area contributed by atoms with Crippen molar-refractivity contribution in [1.29, 1.82) is 0 Å². The van der Waals surface area contributed by atoms with Gasteiger partial charge >= 0.3 is 6.18 Å². The first-order chi connectivity index (χ1) is 12.8. The smallest absolute Gasteiger partial charge is 0.348 e. The molecule has 1 atom stereocenters. The molecule has 0 saturated heterocycles. The molecular weight excluding hydrogens is 357 g/mol. The van der Waals surface area contributed by atoms with Crippen LogP contribution in [0.1, 0.15) is 28.9 Å². The Kier molecular flexibility index (Phi) is 5.03. The summed E-state index contributed by atoms with van der Waals surface area (Å²) in [7, 11) is 0. The highest BCUT2D eigenvalue weighted by Gasteiger charge is 2.40. The number of amides is 1. The molecule has 27 heavy (non-hydrogen) atoms. The molecule has 0 aliphatic rings. The molecule has 0 unspecified atom stereocenters. The lowest BCUT2D eigenvalue weighted by molar-refractivity contribution is -0.122. The third-order valence-corrected chi connectivity index (χ3v) is 4.28. The van der Waals surface area contributed by atoms with E-state index in [9.17, 15) is 22.8 Å². The van der Waals surface area contributed by atoms with Gasteiger partial charge in [-0.05, 0) is 18.6 Å². The predicted octanol–water partition coefficient (Wildman–Crippen LogP) is 4.26. The largest absolute Gasteiger partial charge is 0.454 e. The zero-order chi connectivity index (χ0) is 19.6. The van der Waals surface area contributed by atoms with Crippen LogP contribution in [0.15, 0.2) is 60.8 Å². The highest BCUT2D eigenvalue weighted by atomic mass is 19.4. The molecule has 1 heterocycles. The first-order valence-corrected chi connectivity index (χ1v) is 8.31. The molecule has 0 aliphatic heterocycles. The van der Waals surface area contributed by atoms with Crippen molar-refractivity contribution in [1.82, 2.24) is 9.88 Å². The van der Waals surface area contributed by atoms with Crippen molar-refractivity contribution in [3.63, 3.8) is 0 Å². The average molecular weight is 374 g/mol. The molecule has 4 nitrogen and oxygen atoms in total. The van der Waals surface area contributed by atoms with Gasteiger partial charge in [-0.1, -0.05) is 48.5 Å². The van der Waals surface area contributed by atoms with E-state index >= 15 is 0 Å². The normalized spacial score (nSPS) is 12.7. The lowest BCUT2D eigenvalue weighted by Crippen LogP contribution is -2.30. The van der Waals surface area contributed by atoms with Crippen LogP contribution in [0.5, 0.6) is 0 Å². The number of nitrogens with one attached hydrogen (secondary N) is 1. The summed E-state index contributed by atoms with van der Waals surface area (Å²) in [6, 6.07) is 15.3. The quantitative estimate of drug-likeness (QED) is 0.679. The average Bonchev–Trinajstić information content (AvgIpc) is 2.99. The zero-order valence-electron chi connectivity index (χ0n) is 14.5. The summed E-state index contributed by atoms with van der Waals surface area (Å²) in [5.74, 6) is -2.28. The number of ketones is 1. The van der Waals surface area contributed by atoms with Crippen molar-refractivity contribution in [2.75, 3.05) is 0 Å². The van der Waals surface area contributed by atoms with E-state index in [1.165, 1.54) is 10.6 Å². The van der Waals surface area contributed by atoms with Crippen LogP contribution in [0, 0.1) is 0 Å². The number of aromatic nitrogens is 1. The summed E-state index contributed by atoms with van der Waals surface area (Å²) in [6.07, 6.45) is -3.88. The number of para-hydroxylation sites is 1. The third-order valence-electron chi connectivity index (χ3n) is 4.28. The van der Waals surface area contributed by atoms with Gasteiger partial charge in [0.15, 0.2) is 0 Å². The van der Waals surface area contributed by atoms with E-state index in [-0.39, 0.29) is 23.9 Å². The number of nitrogens with zero attached hydrogens (tertiary/aromatic N) is 1. The number of hydrogen-bond acceptors (Lipinski definition) is 2. The standard InChI is InChI=1S/C20H17F3N2O2/c1-13(14-7-3-2-4-8-14)24-18(26)12-25-11-16(19(27)20(21,22)23)15-9-5-6-10-17(15)25/h2-11,13H,12H2,1H3,(H,24,26)/t13-/m0/s1. The van der Waals surface area contributed by atoms with Gasteiger partial charge in [0.25, 0.3) is 5.78 Å². The number of Topliss-reactive ketones (excluding diaryl/α,β-unsaturated/α-hetero) is 1. The second-order valence-electron chi connectivity index (χ2n) is 6.21. The van der Waals surface area contributed by atoms with Gasteiger partial charge in [0.2, 0.25) is 5.91 Å². The molecule has 0 fully saturated rings. The van der Waals surface area contributed by atoms with E-state index in [1.807, 2.05) is 37.3 Å². The molecule has 0 bridgehead atoms. The minimum absolute atomic E-state index is 0.170.